The molecule has 1 aliphatic rings. The smallest absolute Gasteiger partial charge is 0.300 e. The van der Waals surface area contributed by atoms with Crippen molar-refractivity contribution in [3.63, 3.8) is 0 Å². The fraction of sp³-hybridized carbons (Fsp3) is 0.130. The van der Waals surface area contributed by atoms with Crippen LogP contribution in [0.4, 0.5) is 10.1 Å². The minimum absolute atomic E-state index is 0.136. The van der Waals surface area contributed by atoms with Crippen LogP contribution in [0.25, 0.3) is 5.76 Å². The monoisotopic (exact) mass is 407 g/mol. The van der Waals surface area contributed by atoms with Crippen LogP contribution in [0.3, 0.4) is 0 Å². The van der Waals surface area contributed by atoms with Gasteiger partial charge in [0.1, 0.15) is 34.9 Å². The first-order valence-corrected chi connectivity index (χ1v) is 9.18. The Morgan fingerprint density at radius 1 is 1.07 bits per heavy atom. The molecule has 30 heavy (non-hydrogen) atoms. The number of rotatable bonds is 4. The summed E-state index contributed by atoms with van der Waals surface area (Å²) in [5.41, 5.74) is 0.435. The molecule has 0 aliphatic carbocycles. The van der Waals surface area contributed by atoms with Crippen LogP contribution < -0.4 is 9.64 Å². The molecule has 2 heterocycles. The Morgan fingerprint density at radius 3 is 2.40 bits per heavy atom. The summed E-state index contributed by atoms with van der Waals surface area (Å²) in [6.07, 6.45) is 0. The average Bonchev–Trinajstić information content (AvgIpc) is 3.29. The highest BCUT2D eigenvalue weighted by atomic mass is 19.1. The van der Waals surface area contributed by atoms with Crippen molar-refractivity contribution in [2.24, 2.45) is 0 Å². The van der Waals surface area contributed by atoms with Crippen LogP contribution in [0.2, 0.25) is 0 Å². The lowest BCUT2D eigenvalue weighted by atomic mass is 9.98. The SMILES string of the molecule is COc1ccccc1/C(O)=C1/C(=O)C(=O)N(c2ccc(F)cc2)C1c1ccc(C)o1. The molecule has 2 aromatic carbocycles. The van der Waals surface area contributed by atoms with Crippen molar-refractivity contribution >= 4 is 23.1 Å². The molecule has 1 fully saturated rings. The average molecular weight is 407 g/mol. The Labute approximate surface area is 171 Å². The molecule has 0 saturated carbocycles. The van der Waals surface area contributed by atoms with Gasteiger partial charge in [-0.15, -0.1) is 0 Å². The molecular formula is C23H18FNO5. The fourth-order valence-corrected chi connectivity index (χ4v) is 3.56. The van der Waals surface area contributed by atoms with E-state index in [0.29, 0.717) is 23.0 Å². The highest BCUT2D eigenvalue weighted by Gasteiger charge is 2.48. The highest BCUT2D eigenvalue weighted by Crippen LogP contribution is 2.43. The van der Waals surface area contributed by atoms with Gasteiger partial charge in [-0.05, 0) is 55.5 Å². The molecule has 1 atom stereocenters. The van der Waals surface area contributed by atoms with Crippen molar-refractivity contribution in [2.75, 3.05) is 12.0 Å². The number of hydrogen-bond donors (Lipinski definition) is 1. The quantitative estimate of drug-likeness (QED) is 0.395. The first kappa shape index (κ1) is 19.4. The summed E-state index contributed by atoms with van der Waals surface area (Å²) in [6, 6.07) is 14.1. The van der Waals surface area contributed by atoms with Gasteiger partial charge in [0, 0.05) is 5.69 Å². The molecule has 1 saturated heterocycles. The maximum atomic E-state index is 13.4. The highest BCUT2D eigenvalue weighted by molar-refractivity contribution is 6.51. The Balaban J connectivity index is 1.96. The lowest BCUT2D eigenvalue weighted by Gasteiger charge is -2.23. The second kappa shape index (κ2) is 7.51. The third kappa shape index (κ3) is 3.14. The Kier molecular flexibility index (Phi) is 4.87. The minimum atomic E-state index is -1.02. The summed E-state index contributed by atoms with van der Waals surface area (Å²) >= 11 is 0. The number of ether oxygens (including phenoxy) is 1. The normalized spacial score (nSPS) is 18.1. The van der Waals surface area contributed by atoms with E-state index in [1.807, 2.05) is 0 Å². The molecule has 6 nitrogen and oxygen atoms in total. The predicted molar refractivity (Wildman–Crippen MR) is 108 cm³/mol. The number of aliphatic hydroxyl groups is 1. The third-order valence-corrected chi connectivity index (χ3v) is 4.94. The number of amides is 1. The van der Waals surface area contributed by atoms with E-state index in [2.05, 4.69) is 0 Å². The third-order valence-electron chi connectivity index (χ3n) is 4.94. The summed E-state index contributed by atoms with van der Waals surface area (Å²) in [5.74, 6) is -1.36. The summed E-state index contributed by atoms with van der Waals surface area (Å²) in [4.78, 5) is 27.1. The summed E-state index contributed by atoms with van der Waals surface area (Å²) in [7, 11) is 1.44. The molecule has 1 aromatic heterocycles. The molecule has 1 N–H and O–H groups in total. The van der Waals surface area contributed by atoms with E-state index in [9.17, 15) is 19.1 Å². The number of ketones is 1. The van der Waals surface area contributed by atoms with Gasteiger partial charge in [-0.1, -0.05) is 12.1 Å². The van der Waals surface area contributed by atoms with Crippen LogP contribution in [0.1, 0.15) is 23.1 Å². The van der Waals surface area contributed by atoms with E-state index in [4.69, 9.17) is 9.15 Å². The van der Waals surface area contributed by atoms with Crippen LogP contribution in [0.15, 0.2) is 70.7 Å². The number of para-hydroxylation sites is 1. The van der Waals surface area contributed by atoms with Gasteiger partial charge in [0.2, 0.25) is 0 Å². The van der Waals surface area contributed by atoms with E-state index in [1.54, 1.807) is 43.3 Å². The molecule has 1 amide bonds. The van der Waals surface area contributed by atoms with Crippen molar-refractivity contribution in [3.05, 3.63) is 89.1 Å². The molecule has 0 radical (unpaired) electrons. The fourth-order valence-electron chi connectivity index (χ4n) is 3.56. The first-order chi connectivity index (χ1) is 14.4. The number of anilines is 1. The van der Waals surface area contributed by atoms with E-state index >= 15 is 0 Å². The molecular weight excluding hydrogens is 389 g/mol. The zero-order valence-corrected chi connectivity index (χ0v) is 16.3. The molecule has 1 unspecified atom stereocenters. The van der Waals surface area contributed by atoms with Gasteiger partial charge in [-0.3, -0.25) is 14.5 Å². The van der Waals surface area contributed by atoms with Crippen molar-refractivity contribution in [3.8, 4) is 5.75 Å². The number of hydrogen-bond acceptors (Lipinski definition) is 5. The maximum Gasteiger partial charge on any atom is 0.300 e. The molecule has 7 heteroatoms. The number of benzene rings is 2. The Bertz CT molecular complexity index is 1160. The topological polar surface area (TPSA) is 80.0 Å². The predicted octanol–water partition coefficient (Wildman–Crippen LogP) is 4.36. The largest absolute Gasteiger partial charge is 0.507 e. The van der Waals surface area contributed by atoms with Gasteiger partial charge >= 0.3 is 0 Å². The van der Waals surface area contributed by atoms with Crippen LogP contribution in [-0.4, -0.2) is 23.9 Å². The number of nitrogens with zero attached hydrogens (tertiary/aromatic N) is 1. The number of aryl methyl sites for hydroxylation is 1. The molecule has 3 aromatic rings. The summed E-state index contributed by atoms with van der Waals surface area (Å²) in [5, 5.41) is 11.1. The first-order valence-electron chi connectivity index (χ1n) is 9.18. The van der Waals surface area contributed by atoms with Crippen molar-refractivity contribution in [1.29, 1.82) is 0 Å². The van der Waals surface area contributed by atoms with Gasteiger partial charge in [0.05, 0.1) is 18.2 Å². The van der Waals surface area contributed by atoms with Gasteiger partial charge < -0.3 is 14.3 Å². The van der Waals surface area contributed by atoms with Crippen molar-refractivity contribution in [2.45, 2.75) is 13.0 Å². The number of aliphatic hydroxyl groups excluding tert-OH is 1. The van der Waals surface area contributed by atoms with Crippen LogP contribution in [0, 0.1) is 12.7 Å². The number of furan rings is 1. The number of halogens is 1. The lowest BCUT2D eigenvalue weighted by molar-refractivity contribution is -0.132. The second-order valence-corrected chi connectivity index (χ2v) is 6.79. The number of carbonyl (C=O) groups excluding carboxylic acids is 2. The number of methoxy groups -OCH3 is 1. The van der Waals surface area contributed by atoms with E-state index in [1.165, 1.54) is 36.3 Å². The maximum absolute atomic E-state index is 13.4. The van der Waals surface area contributed by atoms with Crippen molar-refractivity contribution in [1.82, 2.24) is 0 Å². The van der Waals surface area contributed by atoms with Crippen molar-refractivity contribution < 1.29 is 28.2 Å². The minimum Gasteiger partial charge on any atom is -0.507 e. The van der Waals surface area contributed by atoms with Crippen LogP contribution >= 0.6 is 0 Å². The molecule has 4 rings (SSSR count). The van der Waals surface area contributed by atoms with Gasteiger partial charge in [0.15, 0.2) is 0 Å². The van der Waals surface area contributed by atoms with Gasteiger partial charge in [0.25, 0.3) is 11.7 Å². The Hall–Kier alpha value is -3.87. The van der Waals surface area contributed by atoms with E-state index in [-0.39, 0.29) is 16.9 Å². The molecule has 152 valence electrons. The zero-order chi connectivity index (χ0) is 21.4. The van der Waals surface area contributed by atoms with E-state index < -0.39 is 23.5 Å². The number of Topliss-reactive ketones (excluding diaryl/α,β-unsaturated/α-hetero) is 1. The summed E-state index contributed by atoms with van der Waals surface area (Å²) in [6.45, 7) is 1.73. The van der Waals surface area contributed by atoms with E-state index in [0.717, 1.165) is 0 Å². The Morgan fingerprint density at radius 2 is 1.77 bits per heavy atom. The molecule has 0 spiro atoms. The molecule has 1 aliphatic heterocycles. The second-order valence-electron chi connectivity index (χ2n) is 6.79. The van der Waals surface area contributed by atoms with Gasteiger partial charge in [-0.2, -0.15) is 0 Å². The number of carbonyl (C=O) groups is 2. The molecule has 0 bridgehead atoms. The standard InChI is InChI=1S/C23H18FNO5/c1-13-7-12-18(30-13)20-19(21(26)16-5-3-4-6-17(16)29-2)22(27)23(28)25(20)15-10-8-14(24)9-11-15/h3-12,20,26H,1-2H3/b21-19-. The van der Waals surface area contributed by atoms with Crippen LogP contribution in [-0.2, 0) is 9.59 Å². The van der Waals surface area contributed by atoms with Crippen LogP contribution in [0.5, 0.6) is 5.75 Å². The van der Waals surface area contributed by atoms with Gasteiger partial charge in [-0.25, -0.2) is 4.39 Å². The summed E-state index contributed by atoms with van der Waals surface area (Å²) < 4.78 is 24.4. The lowest BCUT2D eigenvalue weighted by Crippen LogP contribution is -2.29. The zero-order valence-electron chi connectivity index (χ0n) is 16.3.